The third-order valence-electron chi connectivity index (χ3n) is 3.01. The van der Waals surface area contributed by atoms with E-state index in [1.54, 1.807) is 12.1 Å². The topological polar surface area (TPSA) is 90.7 Å². The van der Waals surface area contributed by atoms with Crippen molar-refractivity contribution in [3.05, 3.63) is 58.6 Å². The number of amides is 1. The smallest absolute Gasteiger partial charge is 0.273 e. The van der Waals surface area contributed by atoms with E-state index in [4.69, 9.17) is 9.47 Å². The lowest BCUT2D eigenvalue weighted by molar-refractivity contribution is -0.384. The highest BCUT2D eigenvalue weighted by Crippen LogP contribution is 2.29. The van der Waals surface area contributed by atoms with Gasteiger partial charge in [0, 0.05) is 6.07 Å². The predicted molar refractivity (Wildman–Crippen MR) is 84.8 cm³/mol. The van der Waals surface area contributed by atoms with Crippen molar-refractivity contribution < 1.29 is 19.2 Å². The molecule has 0 atom stereocenters. The van der Waals surface area contributed by atoms with Gasteiger partial charge in [0.2, 0.25) is 5.91 Å². The van der Waals surface area contributed by atoms with E-state index in [9.17, 15) is 14.9 Å². The molecule has 7 heteroatoms. The summed E-state index contributed by atoms with van der Waals surface area (Å²) in [6, 6.07) is 13.2. The van der Waals surface area contributed by atoms with Gasteiger partial charge in [0.15, 0.2) is 0 Å². The molecule has 2 aromatic rings. The van der Waals surface area contributed by atoms with Crippen LogP contribution in [0.3, 0.4) is 0 Å². The number of benzene rings is 2. The Kier molecular flexibility index (Phi) is 5.51. The number of anilines is 1. The number of ether oxygens (including phenoxy) is 2. The predicted octanol–water partition coefficient (Wildman–Crippen LogP) is 3.01. The van der Waals surface area contributed by atoms with Crippen molar-refractivity contribution >= 4 is 17.3 Å². The average Bonchev–Trinajstić information content (AvgIpc) is 2.56. The largest absolute Gasteiger partial charge is 0.494 e. The molecule has 0 bridgehead atoms. The fraction of sp³-hybridized carbons (Fsp3) is 0.188. The molecule has 0 aliphatic heterocycles. The zero-order valence-electron chi connectivity index (χ0n) is 12.5. The summed E-state index contributed by atoms with van der Waals surface area (Å²) in [7, 11) is 1.38. The lowest BCUT2D eigenvalue weighted by Crippen LogP contribution is -2.15. The molecule has 1 N–H and O–H groups in total. The summed E-state index contributed by atoms with van der Waals surface area (Å²) in [4.78, 5) is 22.1. The first-order valence-electron chi connectivity index (χ1n) is 6.90. The molecule has 120 valence electrons. The number of methoxy groups -OCH3 is 1. The summed E-state index contributed by atoms with van der Waals surface area (Å²) < 4.78 is 10.5. The van der Waals surface area contributed by atoms with Crippen molar-refractivity contribution in [1.29, 1.82) is 0 Å². The van der Waals surface area contributed by atoms with E-state index in [2.05, 4.69) is 5.32 Å². The van der Waals surface area contributed by atoms with Crippen LogP contribution in [0.2, 0.25) is 0 Å². The molecule has 0 aromatic heterocycles. The maximum atomic E-state index is 11.9. The Hall–Kier alpha value is -3.09. The Labute approximate surface area is 133 Å². The van der Waals surface area contributed by atoms with Crippen molar-refractivity contribution in [3.63, 3.8) is 0 Å². The monoisotopic (exact) mass is 316 g/mol. The number of hydrogen-bond donors (Lipinski definition) is 1. The SMILES string of the molecule is COc1cc([N+](=O)[O-])ccc1NC(=O)CCOc1ccccc1. The summed E-state index contributed by atoms with van der Waals surface area (Å²) in [6.07, 6.45) is 0.148. The normalized spacial score (nSPS) is 9.96. The molecular weight excluding hydrogens is 300 g/mol. The van der Waals surface area contributed by atoms with Crippen LogP contribution in [0.4, 0.5) is 11.4 Å². The van der Waals surface area contributed by atoms with Crippen LogP contribution in [0.25, 0.3) is 0 Å². The zero-order chi connectivity index (χ0) is 16.7. The maximum Gasteiger partial charge on any atom is 0.273 e. The number of para-hydroxylation sites is 1. The Bertz CT molecular complexity index is 688. The van der Waals surface area contributed by atoms with E-state index in [-0.39, 0.29) is 30.4 Å². The highest BCUT2D eigenvalue weighted by Gasteiger charge is 2.13. The van der Waals surface area contributed by atoms with Gasteiger partial charge in [-0.05, 0) is 18.2 Å². The average molecular weight is 316 g/mol. The number of nitro benzene ring substituents is 1. The van der Waals surface area contributed by atoms with Gasteiger partial charge in [-0.25, -0.2) is 0 Å². The molecule has 0 saturated carbocycles. The molecule has 1 amide bonds. The van der Waals surface area contributed by atoms with Crippen molar-refractivity contribution in [2.75, 3.05) is 19.0 Å². The van der Waals surface area contributed by atoms with Crippen LogP contribution >= 0.6 is 0 Å². The maximum absolute atomic E-state index is 11.9. The van der Waals surface area contributed by atoms with Gasteiger partial charge in [0.1, 0.15) is 11.5 Å². The van der Waals surface area contributed by atoms with Crippen LogP contribution in [0, 0.1) is 10.1 Å². The number of carbonyl (C=O) groups excluding carboxylic acids is 1. The van der Waals surface area contributed by atoms with Crippen molar-refractivity contribution in [2.45, 2.75) is 6.42 Å². The minimum Gasteiger partial charge on any atom is -0.494 e. The highest BCUT2D eigenvalue weighted by molar-refractivity contribution is 5.92. The van der Waals surface area contributed by atoms with Gasteiger partial charge >= 0.3 is 0 Å². The Morgan fingerprint density at radius 1 is 1.22 bits per heavy atom. The molecule has 2 aromatic carbocycles. The molecule has 0 aliphatic carbocycles. The van der Waals surface area contributed by atoms with Crippen LogP contribution in [0.15, 0.2) is 48.5 Å². The standard InChI is InChI=1S/C16H16N2O5/c1-22-15-11-12(18(20)21)7-8-14(15)17-16(19)9-10-23-13-5-3-2-4-6-13/h2-8,11H,9-10H2,1H3,(H,17,19). The van der Waals surface area contributed by atoms with Gasteiger partial charge in [-0.2, -0.15) is 0 Å². The molecule has 0 saturated heterocycles. The van der Waals surface area contributed by atoms with E-state index >= 15 is 0 Å². The molecule has 0 heterocycles. The Morgan fingerprint density at radius 3 is 2.61 bits per heavy atom. The second kappa shape index (κ2) is 7.79. The molecule has 0 unspecified atom stereocenters. The highest BCUT2D eigenvalue weighted by atomic mass is 16.6. The van der Waals surface area contributed by atoms with Crippen LogP contribution in [0.5, 0.6) is 11.5 Å². The fourth-order valence-corrected chi connectivity index (χ4v) is 1.89. The van der Waals surface area contributed by atoms with Gasteiger partial charge in [0.05, 0.1) is 36.8 Å². The van der Waals surface area contributed by atoms with Crippen LogP contribution < -0.4 is 14.8 Å². The van der Waals surface area contributed by atoms with Gasteiger partial charge in [-0.15, -0.1) is 0 Å². The van der Waals surface area contributed by atoms with Gasteiger partial charge < -0.3 is 14.8 Å². The number of nitrogens with one attached hydrogen (secondary N) is 1. The van der Waals surface area contributed by atoms with E-state index < -0.39 is 4.92 Å². The minimum absolute atomic E-state index is 0.104. The Morgan fingerprint density at radius 2 is 1.96 bits per heavy atom. The molecule has 0 radical (unpaired) electrons. The molecule has 2 rings (SSSR count). The van der Waals surface area contributed by atoms with E-state index in [1.807, 2.05) is 18.2 Å². The lowest BCUT2D eigenvalue weighted by Gasteiger charge is -2.10. The first-order valence-corrected chi connectivity index (χ1v) is 6.90. The Balaban J connectivity index is 1.91. The first-order chi connectivity index (χ1) is 11.1. The fourth-order valence-electron chi connectivity index (χ4n) is 1.89. The molecule has 0 fully saturated rings. The van der Waals surface area contributed by atoms with Crippen LogP contribution in [-0.2, 0) is 4.79 Å². The number of non-ortho nitro benzene ring substituents is 1. The lowest BCUT2D eigenvalue weighted by atomic mass is 10.2. The van der Waals surface area contributed by atoms with Crippen molar-refractivity contribution in [3.8, 4) is 11.5 Å². The van der Waals surface area contributed by atoms with Gasteiger partial charge in [-0.1, -0.05) is 18.2 Å². The number of rotatable bonds is 7. The van der Waals surface area contributed by atoms with Crippen LogP contribution in [0.1, 0.15) is 6.42 Å². The first kappa shape index (κ1) is 16.3. The van der Waals surface area contributed by atoms with Gasteiger partial charge in [0.25, 0.3) is 5.69 Å². The van der Waals surface area contributed by atoms with E-state index in [0.29, 0.717) is 11.4 Å². The van der Waals surface area contributed by atoms with Crippen molar-refractivity contribution in [2.24, 2.45) is 0 Å². The summed E-state index contributed by atoms with van der Waals surface area (Å²) in [6.45, 7) is 0.227. The zero-order valence-corrected chi connectivity index (χ0v) is 12.5. The number of carbonyl (C=O) groups is 1. The number of nitrogens with zero attached hydrogens (tertiary/aromatic N) is 1. The summed E-state index contributed by atoms with van der Waals surface area (Å²) in [5.41, 5.74) is 0.273. The second-order valence-electron chi connectivity index (χ2n) is 4.60. The third-order valence-corrected chi connectivity index (χ3v) is 3.01. The molecule has 0 aliphatic rings. The van der Waals surface area contributed by atoms with Gasteiger partial charge in [-0.3, -0.25) is 14.9 Å². The number of hydrogen-bond acceptors (Lipinski definition) is 5. The minimum atomic E-state index is -0.526. The molecule has 7 nitrogen and oxygen atoms in total. The van der Waals surface area contributed by atoms with E-state index in [0.717, 1.165) is 0 Å². The summed E-state index contributed by atoms with van der Waals surface area (Å²) in [5, 5.41) is 13.4. The number of nitro groups is 1. The van der Waals surface area contributed by atoms with Crippen molar-refractivity contribution in [1.82, 2.24) is 0 Å². The third kappa shape index (κ3) is 4.70. The van der Waals surface area contributed by atoms with Crippen LogP contribution in [-0.4, -0.2) is 24.5 Å². The molecular formula is C16H16N2O5. The molecule has 0 spiro atoms. The second-order valence-corrected chi connectivity index (χ2v) is 4.60. The van der Waals surface area contributed by atoms with E-state index in [1.165, 1.54) is 25.3 Å². The summed E-state index contributed by atoms with van der Waals surface area (Å²) in [5.74, 6) is 0.651. The quantitative estimate of drug-likeness (QED) is 0.626. The molecule has 23 heavy (non-hydrogen) atoms. The summed E-state index contributed by atoms with van der Waals surface area (Å²) >= 11 is 0.